The Kier molecular flexibility index (Phi) is 4.52. The lowest BCUT2D eigenvalue weighted by molar-refractivity contribution is 0.477. The normalized spacial score (nSPS) is 16.9. The monoisotopic (exact) mass is 340 g/mol. The van der Waals surface area contributed by atoms with E-state index in [1.807, 2.05) is 30.4 Å². The van der Waals surface area contributed by atoms with Crippen LogP contribution in [0.5, 0.6) is 5.75 Å². The summed E-state index contributed by atoms with van der Waals surface area (Å²) in [6.07, 6.45) is 25.1. The summed E-state index contributed by atoms with van der Waals surface area (Å²) in [6.45, 7) is 0. The number of nitrogens with one attached hydrogen (secondary N) is 1. The average Bonchev–Trinajstić information content (AvgIpc) is 3.40. The van der Waals surface area contributed by atoms with E-state index in [4.69, 9.17) is 4.98 Å². The van der Waals surface area contributed by atoms with Gasteiger partial charge in [0.2, 0.25) is 0 Å². The molecule has 4 rings (SSSR count). The third-order valence-corrected chi connectivity index (χ3v) is 4.44. The second-order valence-electron chi connectivity index (χ2n) is 6.31. The van der Waals surface area contributed by atoms with E-state index in [1.165, 1.54) is 0 Å². The van der Waals surface area contributed by atoms with Crippen molar-refractivity contribution in [3.8, 4) is 17.1 Å². The van der Waals surface area contributed by atoms with Crippen molar-refractivity contribution in [1.29, 1.82) is 0 Å². The second kappa shape index (κ2) is 7.28. The van der Waals surface area contributed by atoms with Gasteiger partial charge in [0.05, 0.1) is 17.0 Å². The van der Waals surface area contributed by atoms with E-state index in [0.29, 0.717) is 23.2 Å². The molecule has 2 N–H and O–H groups in total. The number of allylic oxidation sites excluding steroid dienone is 10. The fourth-order valence-electron chi connectivity index (χ4n) is 3.02. The zero-order valence-corrected chi connectivity index (χ0v) is 14.3. The van der Waals surface area contributed by atoms with Gasteiger partial charge in [-0.3, -0.25) is 0 Å². The number of imidazole rings is 1. The van der Waals surface area contributed by atoms with E-state index in [-0.39, 0.29) is 5.75 Å². The van der Waals surface area contributed by atoms with Crippen molar-refractivity contribution in [2.45, 2.75) is 0 Å². The molecule has 1 aromatic heterocycles. The van der Waals surface area contributed by atoms with Gasteiger partial charge in [-0.1, -0.05) is 72.9 Å². The first kappa shape index (κ1) is 16.2. The number of benzene rings is 1. The Hall–Kier alpha value is -3.33. The van der Waals surface area contributed by atoms with Crippen LogP contribution in [-0.2, 0) is 0 Å². The van der Waals surface area contributed by atoms with Gasteiger partial charge in [0.1, 0.15) is 11.6 Å². The first-order chi connectivity index (χ1) is 12.8. The maximum Gasteiger partial charge on any atom is 0.142 e. The van der Waals surface area contributed by atoms with E-state index in [2.05, 4.69) is 59.7 Å². The Bertz CT molecular complexity index is 890. The summed E-state index contributed by atoms with van der Waals surface area (Å²) in [5.74, 6) is 1.50. The molecule has 3 heteroatoms. The number of hydrogen-bond acceptors (Lipinski definition) is 2. The molecule has 2 aromatic rings. The smallest absolute Gasteiger partial charge is 0.142 e. The van der Waals surface area contributed by atoms with Crippen molar-refractivity contribution in [2.75, 3.05) is 0 Å². The predicted octanol–water partition coefficient (Wildman–Crippen LogP) is 5.29. The summed E-state index contributed by atoms with van der Waals surface area (Å²) in [4.78, 5) is 8.05. The largest absolute Gasteiger partial charge is 0.507 e. The zero-order chi connectivity index (χ0) is 17.8. The average molecular weight is 340 g/mol. The van der Waals surface area contributed by atoms with Crippen LogP contribution in [-0.4, -0.2) is 15.1 Å². The summed E-state index contributed by atoms with van der Waals surface area (Å²) < 4.78 is 0. The molecule has 128 valence electrons. The predicted molar refractivity (Wildman–Crippen MR) is 107 cm³/mol. The molecule has 0 unspecified atom stereocenters. The highest BCUT2D eigenvalue weighted by atomic mass is 16.3. The van der Waals surface area contributed by atoms with Gasteiger partial charge in [0.15, 0.2) is 0 Å². The lowest BCUT2D eigenvalue weighted by Crippen LogP contribution is -1.85. The van der Waals surface area contributed by atoms with Crippen molar-refractivity contribution in [3.05, 3.63) is 96.4 Å². The van der Waals surface area contributed by atoms with Crippen LogP contribution in [0.3, 0.4) is 0 Å². The van der Waals surface area contributed by atoms with Crippen LogP contribution in [0.2, 0.25) is 0 Å². The van der Waals surface area contributed by atoms with Crippen LogP contribution in [0.25, 0.3) is 23.5 Å². The summed E-state index contributed by atoms with van der Waals surface area (Å²) in [5, 5.41) is 10.1. The Morgan fingerprint density at radius 2 is 1.46 bits per heavy atom. The Labute approximate surface area is 153 Å². The van der Waals surface area contributed by atoms with Crippen LogP contribution in [0.1, 0.15) is 11.4 Å². The van der Waals surface area contributed by atoms with Crippen molar-refractivity contribution < 1.29 is 5.11 Å². The molecule has 0 spiro atoms. The van der Waals surface area contributed by atoms with Gasteiger partial charge < -0.3 is 10.1 Å². The molecule has 0 saturated heterocycles. The van der Waals surface area contributed by atoms with Gasteiger partial charge in [-0.25, -0.2) is 4.98 Å². The number of nitrogens with zero attached hydrogens (tertiary/aromatic N) is 1. The Morgan fingerprint density at radius 3 is 2.12 bits per heavy atom. The van der Waals surface area contributed by atoms with Gasteiger partial charge in [-0.2, -0.15) is 0 Å². The van der Waals surface area contributed by atoms with Gasteiger partial charge in [-0.15, -0.1) is 0 Å². The lowest BCUT2D eigenvalue weighted by Gasteiger charge is -1.99. The van der Waals surface area contributed by atoms with E-state index in [1.54, 1.807) is 12.1 Å². The van der Waals surface area contributed by atoms with Gasteiger partial charge in [0.25, 0.3) is 0 Å². The van der Waals surface area contributed by atoms with Crippen LogP contribution < -0.4 is 0 Å². The molecule has 3 nitrogen and oxygen atoms in total. The van der Waals surface area contributed by atoms with Crippen molar-refractivity contribution in [1.82, 2.24) is 9.97 Å². The molecule has 0 aliphatic heterocycles. The fraction of sp³-hybridized carbons (Fsp3) is 0.0870. The lowest BCUT2D eigenvalue weighted by atomic mass is 10.1. The number of hydrogen-bond donors (Lipinski definition) is 2. The van der Waals surface area contributed by atoms with Crippen LogP contribution in [0.15, 0.2) is 85.0 Å². The van der Waals surface area contributed by atoms with Crippen LogP contribution >= 0.6 is 0 Å². The Balaban J connectivity index is 1.68. The number of aromatic hydroxyl groups is 1. The van der Waals surface area contributed by atoms with E-state index in [9.17, 15) is 5.11 Å². The van der Waals surface area contributed by atoms with Crippen molar-refractivity contribution in [2.24, 2.45) is 11.8 Å². The maximum absolute atomic E-state index is 10.1. The summed E-state index contributed by atoms with van der Waals surface area (Å²) in [5.41, 5.74) is 2.49. The molecular weight excluding hydrogens is 320 g/mol. The highest BCUT2D eigenvalue weighted by molar-refractivity contribution is 5.70. The van der Waals surface area contributed by atoms with Crippen molar-refractivity contribution in [3.63, 3.8) is 0 Å². The minimum absolute atomic E-state index is 0.218. The number of aromatic amines is 1. The quantitative estimate of drug-likeness (QED) is 0.776. The first-order valence-corrected chi connectivity index (χ1v) is 8.74. The van der Waals surface area contributed by atoms with Gasteiger partial charge in [-0.05, 0) is 24.3 Å². The topological polar surface area (TPSA) is 48.9 Å². The summed E-state index contributed by atoms with van der Waals surface area (Å²) >= 11 is 0. The molecule has 0 radical (unpaired) electrons. The highest BCUT2D eigenvalue weighted by Crippen LogP contribution is 2.28. The summed E-state index contributed by atoms with van der Waals surface area (Å²) in [7, 11) is 0. The molecule has 0 bridgehead atoms. The molecule has 0 saturated carbocycles. The third kappa shape index (κ3) is 3.52. The van der Waals surface area contributed by atoms with E-state index in [0.717, 1.165) is 11.4 Å². The molecule has 26 heavy (non-hydrogen) atoms. The number of para-hydroxylation sites is 1. The van der Waals surface area contributed by atoms with E-state index < -0.39 is 0 Å². The second-order valence-corrected chi connectivity index (χ2v) is 6.31. The van der Waals surface area contributed by atoms with Gasteiger partial charge >= 0.3 is 0 Å². The SMILES string of the molecule is Oc1ccccc1-c1nc(/C=C/C2C=CC=C2)c(/C=C/C2C=CC=C2)[nH]1. The molecular formula is C23H20N2O. The number of aromatic nitrogens is 2. The minimum atomic E-state index is 0.218. The van der Waals surface area contributed by atoms with Crippen LogP contribution in [0.4, 0.5) is 0 Å². The number of rotatable bonds is 5. The summed E-state index contributed by atoms with van der Waals surface area (Å²) in [6, 6.07) is 7.23. The number of H-pyrrole nitrogens is 1. The first-order valence-electron chi connectivity index (χ1n) is 8.74. The maximum atomic E-state index is 10.1. The number of phenolic OH excluding ortho intramolecular Hbond substituents is 1. The Morgan fingerprint density at radius 1 is 0.846 bits per heavy atom. The fourth-order valence-corrected chi connectivity index (χ4v) is 3.02. The standard InChI is InChI=1S/C23H20N2O/c26-22-12-6-5-11-19(22)23-24-20(15-13-17-7-1-2-8-17)21(25-23)16-14-18-9-3-4-10-18/h1-18,26H,(H,24,25)/b15-13+,16-14+. The molecule has 1 heterocycles. The highest BCUT2D eigenvalue weighted by Gasteiger charge is 2.12. The third-order valence-electron chi connectivity index (χ3n) is 4.44. The molecule has 2 aliphatic carbocycles. The van der Waals surface area contributed by atoms with Crippen molar-refractivity contribution >= 4 is 12.2 Å². The molecule has 1 aromatic carbocycles. The zero-order valence-electron chi connectivity index (χ0n) is 14.3. The molecule has 0 fully saturated rings. The minimum Gasteiger partial charge on any atom is -0.507 e. The molecule has 0 amide bonds. The number of phenols is 1. The molecule has 0 atom stereocenters. The van der Waals surface area contributed by atoms with Gasteiger partial charge in [0, 0.05) is 11.8 Å². The molecule has 2 aliphatic rings. The van der Waals surface area contributed by atoms with E-state index >= 15 is 0 Å². The van der Waals surface area contributed by atoms with Crippen LogP contribution in [0, 0.1) is 11.8 Å².